The zero-order chi connectivity index (χ0) is 11.3. The molecule has 0 bridgehead atoms. The first kappa shape index (κ1) is 11.4. The van der Waals surface area contributed by atoms with E-state index in [1.807, 2.05) is 31.2 Å². The molecule has 1 aromatic carbocycles. The van der Waals surface area contributed by atoms with Gasteiger partial charge in [-0.15, -0.1) is 0 Å². The number of carbonyl (C=O) groups is 2. The molecule has 1 amide bonds. The van der Waals surface area contributed by atoms with E-state index in [0.717, 1.165) is 11.1 Å². The monoisotopic (exact) mass is 205 g/mol. The van der Waals surface area contributed by atoms with E-state index in [2.05, 4.69) is 5.32 Å². The van der Waals surface area contributed by atoms with Gasteiger partial charge in [-0.2, -0.15) is 0 Å². The lowest BCUT2D eigenvalue weighted by molar-refractivity contribution is -0.124. The van der Waals surface area contributed by atoms with Gasteiger partial charge in [-0.05, 0) is 19.4 Å². The second-order valence-corrected chi connectivity index (χ2v) is 3.64. The Hall–Kier alpha value is -1.64. The van der Waals surface area contributed by atoms with Crippen molar-refractivity contribution in [3.05, 3.63) is 35.4 Å². The third-order valence-electron chi connectivity index (χ3n) is 1.98. The highest BCUT2D eigenvalue weighted by molar-refractivity contribution is 5.85. The van der Waals surface area contributed by atoms with Crippen molar-refractivity contribution in [2.24, 2.45) is 0 Å². The average Bonchev–Trinajstić information content (AvgIpc) is 2.15. The molecule has 0 aliphatic rings. The van der Waals surface area contributed by atoms with E-state index < -0.39 is 0 Å². The SMILES string of the molecule is CC(=O)CNC(=O)Cc1cccc(C)c1. The molecule has 3 heteroatoms. The van der Waals surface area contributed by atoms with Crippen LogP contribution in [-0.4, -0.2) is 18.2 Å². The predicted octanol–water partition coefficient (Wildman–Crippen LogP) is 1.24. The van der Waals surface area contributed by atoms with Crippen molar-refractivity contribution in [1.82, 2.24) is 5.32 Å². The Labute approximate surface area is 89.5 Å². The zero-order valence-corrected chi connectivity index (χ0v) is 9.04. The first-order valence-corrected chi connectivity index (χ1v) is 4.89. The van der Waals surface area contributed by atoms with Crippen molar-refractivity contribution in [1.29, 1.82) is 0 Å². The van der Waals surface area contributed by atoms with Crippen LogP contribution in [0.15, 0.2) is 24.3 Å². The summed E-state index contributed by atoms with van der Waals surface area (Å²) < 4.78 is 0. The van der Waals surface area contributed by atoms with Crippen LogP contribution in [0.3, 0.4) is 0 Å². The van der Waals surface area contributed by atoms with Crippen LogP contribution in [0.4, 0.5) is 0 Å². The summed E-state index contributed by atoms with van der Waals surface area (Å²) in [5, 5.41) is 2.56. The number of amides is 1. The first-order chi connectivity index (χ1) is 7.08. The predicted molar refractivity (Wildman–Crippen MR) is 58.6 cm³/mol. The molecule has 0 heterocycles. The molecule has 0 unspecified atom stereocenters. The van der Waals surface area contributed by atoms with E-state index in [4.69, 9.17) is 0 Å². The van der Waals surface area contributed by atoms with Crippen LogP contribution in [-0.2, 0) is 16.0 Å². The van der Waals surface area contributed by atoms with Gasteiger partial charge in [-0.1, -0.05) is 29.8 Å². The summed E-state index contributed by atoms with van der Waals surface area (Å²) >= 11 is 0. The van der Waals surface area contributed by atoms with Gasteiger partial charge in [0.25, 0.3) is 0 Å². The van der Waals surface area contributed by atoms with Gasteiger partial charge in [0.1, 0.15) is 5.78 Å². The number of hydrogen-bond donors (Lipinski definition) is 1. The topological polar surface area (TPSA) is 46.2 Å². The number of ketones is 1. The van der Waals surface area contributed by atoms with Crippen LogP contribution in [0.5, 0.6) is 0 Å². The van der Waals surface area contributed by atoms with Gasteiger partial charge in [-0.3, -0.25) is 9.59 Å². The van der Waals surface area contributed by atoms with Gasteiger partial charge < -0.3 is 5.32 Å². The van der Waals surface area contributed by atoms with E-state index in [1.165, 1.54) is 6.92 Å². The number of aryl methyl sites for hydroxylation is 1. The second-order valence-electron chi connectivity index (χ2n) is 3.64. The van der Waals surface area contributed by atoms with Gasteiger partial charge in [0.05, 0.1) is 13.0 Å². The van der Waals surface area contributed by atoms with Gasteiger partial charge in [0.15, 0.2) is 0 Å². The normalized spacial score (nSPS) is 9.73. The molecule has 1 N–H and O–H groups in total. The highest BCUT2D eigenvalue weighted by Crippen LogP contribution is 2.04. The zero-order valence-electron chi connectivity index (χ0n) is 9.04. The quantitative estimate of drug-likeness (QED) is 0.804. The standard InChI is InChI=1S/C12H15NO2/c1-9-4-3-5-11(6-9)7-12(15)13-8-10(2)14/h3-6H,7-8H2,1-2H3,(H,13,15). The smallest absolute Gasteiger partial charge is 0.224 e. The van der Waals surface area contributed by atoms with Crippen LogP contribution in [0, 0.1) is 6.92 Å². The molecule has 0 radical (unpaired) electrons. The molecular formula is C12H15NO2. The van der Waals surface area contributed by atoms with Crippen molar-refractivity contribution in [3.63, 3.8) is 0 Å². The lowest BCUT2D eigenvalue weighted by atomic mass is 10.1. The summed E-state index contributed by atoms with van der Waals surface area (Å²) in [7, 11) is 0. The molecule has 3 nitrogen and oxygen atoms in total. The molecule has 0 spiro atoms. The van der Waals surface area contributed by atoms with Crippen LogP contribution in [0.25, 0.3) is 0 Å². The fourth-order valence-electron chi connectivity index (χ4n) is 1.29. The van der Waals surface area contributed by atoms with Crippen LogP contribution < -0.4 is 5.32 Å². The average molecular weight is 205 g/mol. The molecule has 0 aliphatic heterocycles. The van der Waals surface area contributed by atoms with Gasteiger partial charge in [0, 0.05) is 0 Å². The Bertz CT molecular complexity index is 372. The highest BCUT2D eigenvalue weighted by atomic mass is 16.2. The second kappa shape index (κ2) is 5.29. The van der Waals surface area contributed by atoms with Crippen molar-refractivity contribution in [2.75, 3.05) is 6.54 Å². The van der Waals surface area contributed by atoms with Crippen molar-refractivity contribution < 1.29 is 9.59 Å². The molecule has 0 aliphatic carbocycles. The Balaban J connectivity index is 2.48. The minimum absolute atomic E-state index is 0.0346. The first-order valence-electron chi connectivity index (χ1n) is 4.89. The maximum atomic E-state index is 11.4. The summed E-state index contributed by atoms with van der Waals surface area (Å²) in [6.45, 7) is 3.55. The summed E-state index contributed by atoms with van der Waals surface area (Å²) in [5.74, 6) is -0.150. The van der Waals surface area contributed by atoms with E-state index >= 15 is 0 Å². The molecule has 1 rings (SSSR count). The highest BCUT2D eigenvalue weighted by Gasteiger charge is 2.03. The van der Waals surface area contributed by atoms with E-state index in [-0.39, 0.29) is 18.2 Å². The molecular weight excluding hydrogens is 190 g/mol. The van der Waals surface area contributed by atoms with Crippen LogP contribution >= 0.6 is 0 Å². The third kappa shape index (κ3) is 4.40. The van der Waals surface area contributed by atoms with Crippen LogP contribution in [0.2, 0.25) is 0 Å². The van der Waals surface area contributed by atoms with E-state index in [1.54, 1.807) is 0 Å². The molecule has 15 heavy (non-hydrogen) atoms. The Morgan fingerprint density at radius 2 is 2.07 bits per heavy atom. The van der Waals surface area contributed by atoms with Crippen LogP contribution in [0.1, 0.15) is 18.1 Å². The van der Waals surface area contributed by atoms with Gasteiger partial charge in [0.2, 0.25) is 5.91 Å². The molecule has 0 atom stereocenters. The van der Waals surface area contributed by atoms with Gasteiger partial charge >= 0.3 is 0 Å². The number of carbonyl (C=O) groups excluding carboxylic acids is 2. The maximum Gasteiger partial charge on any atom is 0.224 e. The minimum atomic E-state index is -0.115. The number of Topliss-reactive ketones (excluding diaryl/α,β-unsaturated/α-hetero) is 1. The molecule has 0 aromatic heterocycles. The Kier molecular flexibility index (Phi) is 4.03. The minimum Gasteiger partial charge on any atom is -0.349 e. The Morgan fingerprint density at radius 1 is 1.33 bits per heavy atom. The molecule has 0 saturated carbocycles. The number of hydrogen-bond acceptors (Lipinski definition) is 2. The summed E-state index contributed by atoms with van der Waals surface area (Å²) in [5.41, 5.74) is 2.10. The van der Waals surface area contributed by atoms with Crippen molar-refractivity contribution in [2.45, 2.75) is 20.3 Å². The largest absolute Gasteiger partial charge is 0.349 e. The summed E-state index contributed by atoms with van der Waals surface area (Å²) in [6.07, 6.45) is 0.328. The van der Waals surface area contributed by atoms with E-state index in [0.29, 0.717) is 6.42 Å². The molecule has 80 valence electrons. The fraction of sp³-hybridized carbons (Fsp3) is 0.333. The fourth-order valence-corrected chi connectivity index (χ4v) is 1.29. The molecule has 1 aromatic rings. The number of nitrogens with one attached hydrogen (secondary N) is 1. The summed E-state index contributed by atoms with van der Waals surface area (Å²) in [4.78, 5) is 22.0. The lowest BCUT2D eigenvalue weighted by Crippen LogP contribution is -2.29. The van der Waals surface area contributed by atoms with Gasteiger partial charge in [-0.25, -0.2) is 0 Å². The lowest BCUT2D eigenvalue weighted by Gasteiger charge is -2.03. The third-order valence-corrected chi connectivity index (χ3v) is 1.98. The summed E-state index contributed by atoms with van der Waals surface area (Å²) in [6, 6.07) is 7.77. The maximum absolute atomic E-state index is 11.4. The molecule has 0 saturated heterocycles. The Morgan fingerprint density at radius 3 is 2.67 bits per heavy atom. The van der Waals surface area contributed by atoms with Crippen molar-refractivity contribution in [3.8, 4) is 0 Å². The van der Waals surface area contributed by atoms with Crippen molar-refractivity contribution >= 4 is 11.7 Å². The number of benzene rings is 1. The van der Waals surface area contributed by atoms with E-state index in [9.17, 15) is 9.59 Å². The molecule has 0 fully saturated rings. The number of rotatable bonds is 4.